The zero-order chi connectivity index (χ0) is 27.1. The van der Waals surface area contributed by atoms with Crippen LogP contribution >= 0.6 is 22.9 Å². The summed E-state index contributed by atoms with van der Waals surface area (Å²) in [5.41, 5.74) is 4.40. The summed E-state index contributed by atoms with van der Waals surface area (Å²) in [5.74, 6) is 0.352. The summed E-state index contributed by atoms with van der Waals surface area (Å²) in [5, 5.41) is 8.31. The predicted octanol–water partition coefficient (Wildman–Crippen LogP) is 3.66. The number of nitrogens with one attached hydrogen (secondary N) is 2. The van der Waals surface area contributed by atoms with E-state index in [4.69, 9.17) is 16.6 Å². The fraction of sp³-hybridized carbons (Fsp3) is 0.0370. The summed E-state index contributed by atoms with van der Waals surface area (Å²) >= 11 is 7.81. The maximum Gasteiger partial charge on any atom is 1.00 e. The first-order valence-corrected chi connectivity index (χ1v) is 14.2. The first-order chi connectivity index (χ1) is 18.7. The van der Waals surface area contributed by atoms with Gasteiger partial charge in [-0.3, -0.25) is 0 Å². The topological polar surface area (TPSA) is 133 Å². The fourth-order valence-electron chi connectivity index (χ4n) is 4.08. The molecule has 0 atom stereocenters. The molecule has 0 amide bonds. The summed E-state index contributed by atoms with van der Waals surface area (Å²) < 4.78 is 35.7. The third-order valence-corrected chi connectivity index (χ3v) is 8.00. The monoisotopic (exact) mass is 596 g/mol. The molecule has 2 aromatic heterocycles. The minimum atomic E-state index is -4.62. The van der Waals surface area contributed by atoms with Gasteiger partial charge in [0.2, 0.25) is 17.2 Å². The molecule has 0 saturated heterocycles. The number of fused-ring (bicyclic) bond motifs is 2. The zero-order valence-corrected chi connectivity index (χ0v) is 25.6. The van der Waals surface area contributed by atoms with Crippen LogP contribution in [-0.4, -0.2) is 32.9 Å². The third kappa shape index (κ3) is 6.11. The van der Waals surface area contributed by atoms with E-state index in [-0.39, 0.29) is 51.6 Å². The number of benzene rings is 4. The zero-order valence-electron chi connectivity index (χ0n) is 21.2. The molecule has 0 aliphatic carbocycles. The third-order valence-electron chi connectivity index (χ3n) is 5.93. The molecule has 4 aromatic carbocycles. The average Bonchev–Trinajstić information content (AvgIpc) is 3.31. The molecule has 0 unspecified atom stereocenters. The number of anilines is 4. The molecule has 0 aliphatic heterocycles. The predicted molar refractivity (Wildman–Crippen MR) is 153 cm³/mol. The van der Waals surface area contributed by atoms with Crippen LogP contribution in [0.1, 0.15) is 5.56 Å². The minimum absolute atomic E-state index is 0. The first-order valence-electron chi connectivity index (χ1n) is 11.6. The normalized spacial score (nSPS) is 11.4. The van der Waals surface area contributed by atoms with Crippen LogP contribution < -0.4 is 40.2 Å². The standard InChI is InChI=1S/C27H19ClN6O3S2.Na/c1-15-5-12-22-23(13-15)38-24(30-22)17-6-9-18(10-7-17)29-26-32-25(28)33-27(34-26)31-21-4-2-3-16-8-11-19(14-20(16)21)39(35,36)37;/h2-14H,1H3,(H,35,36,37)(H2,29,31,32,33,34);/q;+1/p-1. The molecule has 9 nitrogen and oxygen atoms in total. The Morgan fingerprint density at radius 3 is 2.35 bits per heavy atom. The fourth-order valence-corrected chi connectivity index (χ4v) is 5.81. The van der Waals surface area contributed by atoms with E-state index in [1.807, 2.05) is 30.3 Å². The second-order valence-corrected chi connectivity index (χ2v) is 11.5. The van der Waals surface area contributed by atoms with Crippen LogP contribution in [0.3, 0.4) is 0 Å². The molecule has 194 valence electrons. The number of nitrogens with zero attached hydrogens (tertiary/aromatic N) is 4. The Morgan fingerprint density at radius 1 is 0.850 bits per heavy atom. The van der Waals surface area contributed by atoms with Crippen LogP contribution in [-0.2, 0) is 10.1 Å². The summed E-state index contributed by atoms with van der Waals surface area (Å²) in [6.45, 7) is 2.06. The van der Waals surface area contributed by atoms with Crippen molar-refractivity contribution in [2.75, 3.05) is 10.6 Å². The second-order valence-electron chi connectivity index (χ2n) is 8.71. The molecule has 0 bridgehead atoms. The van der Waals surface area contributed by atoms with Crippen LogP contribution in [0.5, 0.6) is 0 Å². The SMILES string of the molecule is Cc1ccc2nc(-c3ccc(Nc4nc(Cl)nc(Nc5cccc6ccc(S(=O)(=O)[O-])cc56)n4)cc3)sc2c1.[Na+]. The number of hydrogen-bond donors (Lipinski definition) is 2. The smallest absolute Gasteiger partial charge is 0.744 e. The largest absolute Gasteiger partial charge is 1.00 e. The van der Waals surface area contributed by atoms with Gasteiger partial charge in [0.05, 0.1) is 15.1 Å². The Bertz CT molecular complexity index is 1990. The molecule has 0 spiro atoms. The van der Waals surface area contributed by atoms with Crippen LogP contribution in [0, 0.1) is 6.92 Å². The van der Waals surface area contributed by atoms with E-state index in [1.165, 1.54) is 17.7 Å². The number of halogens is 1. The Kier molecular flexibility index (Phi) is 8.07. The summed E-state index contributed by atoms with van der Waals surface area (Å²) in [6.07, 6.45) is 0. The van der Waals surface area contributed by atoms with Gasteiger partial charge in [-0.15, -0.1) is 11.3 Å². The summed E-state index contributed by atoms with van der Waals surface area (Å²) in [6, 6.07) is 23.4. The van der Waals surface area contributed by atoms with Gasteiger partial charge in [-0.05, 0) is 84.1 Å². The molecule has 0 fully saturated rings. The molecular weight excluding hydrogens is 579 g/mol. The molecular formula is C27H18ClN6NaO3S2. The van der Waals surface area contributed by atoms with E-state index in [9.17, 15) is 13.0 Å². The first kappa shape index (κ1) is 28.4. The minimum Gasteiger partial charge on any atom is -0.744 e. The Labute approximate surface area is 260 Å². The average molecular weight is 597 g/mol. The molecule has 13 heteroatoms. The van der Waals surface area contributed by atoms with Crippen molar-refractivity contribution in [2.24, 2.45) is 0 Å². The van der Waals surface area contributed by atoms with Crippen molar-refractivity contribution in [2.45, 2.75) is 11.8 Å². The van der Waals surface area contributed by atoms with Gasteiger partial charge >= 0.3 is 29.6 Å². The van der Waals surface area contributed by atoms with E-state index in [2.05, 4.69) is 44.6 Å². The Morgan fingerprint density at radius 2 is 1.60 bits per heavy atom. The molecule has 6 rings (SSSR count). The van der Waals surface area contributed by atoms with Gasteiger partial charge in [0, 0.05) is 22.3 Å². The number of rotatable bonds is 6. The number of hydrogen-bond acceptors (Lipinski definition) is 10. The number of aromatic nitrogens is 4. The van der Waals surface area contributed by atoms with Crippen molar-refractivity contribution in [3.63, 3.8) is 0 Å². The maximum absolute atomic E-state index is 11.5. The maximum atomic E-state index is 11.5. The number of thiazole rings is 1. The molecule has 0 aliphatic rings. The second kappa shape index (κ2) is 11.4. The van der Waals surface area contributed by atoms with E-state index >= 15 is 0 Å². The van der Waals surface area contributed by atoms with Gasteiger partial charge in [-0.1, -0.05) is 24.3 Å². The van der Waals surface area contributed by atoms with Crippen LogP contribution in [0.25, 0.3) is 31.6 Å². The van der Waals surface area contributed by atoms with Gasteiger partial charge in [0.15, 0.2) is 0 Å². The van der Waals surface area contributed by atoms with Crippen molar-refractivity contribution in [3.05, 3.63) is 89.7 Å². The molecule has 2 N–H and O–H groups in total. The van der Waals surface area contributed by atoms with Gasteiger partial charge in [-0.25, -0.2) is 13.4 Å². The van der Waals surface area contributed by atoms with E-state index in [0.29, 0.717) is 11.1 Å². The van der Waals surface area contributed by atoms with Gasteiger partial charge in [0.1, 0.15) is 15.1 Å². The van der Waals surface area contributed by atoms with E-state index < -0.39 is 10.1 Å². The summed E-state index contributed by atoms with van der Waals surface area (Å²) in [7, 11) is -4.62. The molecule has 40 heavy (non-hydrogen) atoms. The van der Waals surface area contributed by atoms with E-state index in [1.54, 1.807) is 35.6 Å². The van der Waals surface area contributed by atoms with Crippen molar-refractivity contribution in [1.82, 2.24) is 19.9 Å². The molecule has 0 saturated carbocycles. The van der Waals surface area contributed by atoms with Crippen LogP contribution in [0.15, 0.2) is 83.8 Å². The van der Waals surface area contributed by atoms with Crippen LogP contribution in [0.2, 0.25) is 5.28 Å². The Balaban J connectivity index is 0.00000323. The van der Waals surface area contributed by atoms with Crippen molar-refractivity contribution in [3.8, 4) is 10.6 Å². The molecule has 0 radical (unpaired) electrons. The Hall–Kier alpha value is -3.16. The molecule has 2 heterocycles. The molecule has 6 aromatic rings. The van der Waals surface area contributed by atoms with Crippen molar-refractivity contribution in [1.29, 1.82) is 0 Å². The van der Waals surface area contributed by atoms with Gasteiger partial charge in [0.25, 0.3) is 0 Å². The van der Waals surface area contributed by atoms with Gasteiger partial charge in [-0.2, -0.15) is 15.0 Å². The number of aryl methyl sites for hydroxylation is 1. The quantitative estimate of drug-likeness (QED) is 0.218. The van der Waals surface area contributed by atoms with Crippen LogP contribution in [0.4, 0.5) is 23.3 Å². The van der Waals surface area contributed by atoms with Crippen molar-refractivity contribution < 1.29 is 42.5 Å². The van der Waals surface area contributed by atoms with Crippen molar-refractivity contribution >= 4 is 77.3 Å². The summed E-state index contributed by atoms with van der Waals surface area (Å²) in [4.78, 5) is 17.1. The van der Waals surface area contributed by atoms with E-state index in [0.717, 1.165) is 31.9 Å². The van der Waals surface area contributed by atoms with Gasteiger partial charge < -0.3 is 15.2 Å².